The summed E-state index contributed by atoms with van der Waals surface area (Å²) < 4.78 is 0. The Morgan fingerprint density at radius 1 is 0.465 bits per heavy atom. The van der Waals surface area contributed by atoms with Crippen LogP contribution in [0.3, 0.4) is 0 Å². The summed E-state index contributed by atoms with van der Waals surface area (Å²) in [6.45, 7) is 23.5. The van der Waals surface area contributed by atoms with E-state index >= 15 is 0 Å². The number of allylic oxidation sites excluding steroid dienone is 4. The molecule has 0 amide bonds. The lowest BCUT2D eigenvalue weighted by Gasteiger charge is -2.43. The Bertz CT molecular complexity index is 1500. The fourth-order valence-corrected chi connectivity index (χ4v) is 15.0. The second-order valence-corrected chi connectivity index (χ2v) is 17.4. The average molecular weight is 594 g/mol. The van der Waals surface area contributed by atoms with E-state index < -0.39 is 8.07 Å². The van der Waals surface area contributed by atoms with Gasteiger partial charge in [0.05, 0.1) is 0 Å². The molecule has 1 atom stereocenters. The molecule has 43 heavy (non-hydrogen) atoms. The monoisotopic (exact) mass is 593 g/mol. The third-order valence-electron chi connectivity index (χ3n) is 10.5. The second-order valence-electron chi connectivity index (χ2n) is 13.7. The standard InChI is InChI=1S/C39H55N3Si/c1-23-17-20-33(30(8)36(23)40(11)12)43(39-28(6)26(4)27(5)29(39)7,34-21-18-24(2)37(31(34)9)41(13)14)35-22-19-25(3)38(32(35)10)42(15)16/h17-22,28H,1-16H3. The molecule has 0 saturated carbocycles. The third kappa shape index (κ3) is 4.86. The van der Waals surface area contributed by atoms with E-state index in [-0.39, 0.29) is 0 Å². The van der Waals surface area contributed by atoms with Crippen LogP contribution in [0, 0.1) is 47.5 Å². The molecule has 0 N–H and O–H groups in total. The van der Waals surface area contributed by atoms with E-state index in [0.29, 0.717) is 5.92 Å². The van der Waals surface area contributed by atoms with Crippen molar-refractivity contribution in [1.82, 2.24) is 0 Å². The zero-order chi connectivity index (χ0) is 32.3. The predicted octanol–water partition coefficient (Wildman–Crippen LogP) is 7.05. The maximum Gasteiger partial charge on any atom is 0.177 e. The molecule has 4 rings (SSSR count). The Morgan fingerprint density at radius 3 is 1.00 bits per heavy atom. The van der Waals surface area contributed by atoms with Gasteiger partial charge in [-0.05, 0) is 123 Å². The number of nitrogens with zero attached hydrogens (tertiary/aromatic N) is 3. The number of hydrogen-bond acceptors (Lipinski definition) is 3. The second kappa shape index (κ2) is 11.7. The van der Waals surface area contributed by atoms with Crippen LogP contribution in [0.1, 0.15) is 61.1 Å². The first-order chi connectivity index (χ1) is 20.0. The van der Waals surface area contributed by atoms with E-state index in [1.165, 1.54) is 82.7 Å². The van der Waals surface area contributed by atoms with Gasteiger partial charge in [-0.2, -0.15) is 0 Å². The van der Waals surface area contributed by atoms with Crippen LogP contribution in [0.15, 0.2) is 58.3 Å². The largest absolute Gasteiger partial charge is 0.377 e. The molecule has 3 aromatic carbocycles. The maximum absolute atomic E-state index is 2.88. The van der Waals surface area contributed by atoms with E-state index in [1.807, 2.05) is 0 Å². The van der Waals surface area contributed by atoms with E-state index in [0.717, 1.165) is 0 Å². The van der Waals surface area contributed by atoms with Gasteiger partial charge in [0.2, 0.25) is 0 Å². The van der Waals surface area contributed by atoms with E-state index in [2.05, 4.69) is 163 Å². The summed E-state index contributed by atoms with van der Waals surface area (Å²) in [5.41, 5.74) is 16.7. The zero-order valence-corrected chi connectivity index (χ0v) is 30.9. The lowest BCUT2D eigenvalue weighted by Crippen LogP contribution is -2.71. The number of rotatable bonds is 7. The highest BCUT2D eigenvalue weighted by Crippen LogP contribution is 2.43. The minimum atomic E-state index is -2.88. The molecule has 4 heteroatoms. The molecule has 3 nitrogen and oxygen atoms in total. The van der Waals surface area contributed by atoms with Crippen LogP contribution in [-0.4, -0.2) is 50.4 Å². The number of hydrogen-bond donors (Lipinski definition) is 0. The Morgan fingerprint density at radius 2 is 0.767 bits per heavy atom. The highest BCUT2D eigenvalue weighted by atomic mass is 28.3. The molecule has 1 aliphatic carbocycles. The van der Waals surface area contributed by atoms with Crippen molar-refractivity contribution in [3.63, 3.8) is 0 Å². The van der Waals surface area contributed by atoms with Crippen LogP contribution in [0.4, 0.5) is 17.1 Å². The van der Waals surface area contributed by atoms with Crippen LogP contribution < -0.4 is 30.3 Å². The molecule has 0 aliphatic heterocycles. The van der Waals surface area contributed by atoms with Crippen molar-refractivity contribution in [2.75, 3.05) is 57.0 Å². The highest BCUT2D eigenvalue weighted by Gasteiger charge is 2.51. The lowest BCUT2D eigenvalue weighted by atomic mass is 10.1. The molecule has 0 radical (unpaired) electrons. The first kappa shape index (κ1) is 32.7. The van der Waals surface area contributed by atoms with Gasteiger partial charge in [-0.3, -0.25) is 0 Å². The summed E-state index contributed by atoms with van der Waals surface area (Å²) in [6.07, 6.45) is 0. The van der Waals surface area contributed by atoms with Crippen molar-refractivity contribution in [2.45, 2.75) is 69.2 Å². The number of anilines is 3. The highest BCUT2D eigenvalue weighted by molar-refractivity contribution is 7.17. The fourth-order valence-electron chi connectivity index (χ4n) is 8.63. The predicted molar refractivity (Wildman–Crippen MR) is 196 cm³/mol. The molecular weight excluding hydrogens is 539 g/mol. The molecule has 3 aromatic rings. The summed E-state index contributed by atoms with van der Waals surface area (Å²) in [5, 5.41) is 6.18. The molecule has 230 valence electrons. The minimum Gasteiger partial charge on any atom is -0.377 e. The molecule has 0 fully saturated rings. The first-order valence-electron chi connectivity index (χ1n) is 15.7. The van der Waals surface area contributed by atoms with Gasteiger partial charge in [0.25, 0.3) is 0 Å². The first-order valence-corrected chi connectivity index (χ1v) is 17.7. The average Bonchev–Trinajstić information content (AvgIpc) is 3.09. The van der Waals surface area contributed by atoms with E-state index in [9.17, 15) is 0 Å². The molecule has 0 heterocycles. The van der Waals surface area contributed by atoms with Crippen molar-refractivity contribution in [1.29, 1.82) is 0 Å². The van der Waals surface area contributed by atoms with Crippen molar-refractivity contribution >= 4 is 40.7 Å². The van der Waals surface area contributed by atoms with Crippen molar-refractivity contribution in [3.05, 3.63) is 91.7 Å². The zero-order valence-electron chi connectivity index (χ0n) is 29.9. The smallest absolute Gasteiger partial charge is 0.177 e. The van der Waals surface area contributed by atoms with E-state index in [4.69, 9.17) is 0 Å². The van der Waals surface area contributed by atoms with Crippen LogP contribution in [-0.2, 0) is 0 Å². The van der Waals surface area contributed by atoms with Gasteiger partial charge in [0, 0.05) is 59.3 Å². The third-order valence-corrected chi connectivity index (χ3v) is 16.2. The molecule has 1 unspecified atom stereocenters. The molecule has 0 bridgehead atoms. The van der Waals surface area contributed by atoms with E-state index in [1.54, 1.807) is 5.20 Å². The fraction of sp³-hybridized carbons (Fsp3) is 0.436. The maximum atomic E-state index is 2.50. The van der Waals surface area contributed by atoms with Crippen LogP contribution in [0.2, 0.25) is 0 Å². The number of benzene rings is 3. The van der Waals surface area contributed by atoms with Gasteiger partial charge in [0.1, 0.15) is 0 Å². The van der Waals surface area contributed by atoms with Gasteiger partial charge in [0.15, 0.2) is 8.07 Å². The summed E-state index contributed by atoms with van der Waals surface area (Å²) in [4.78, 5) is 6.96. The summed E-state index contributed by atoms with van der Waals surface area (Å²) in [7, 11) is 10.3. The topological polar surface area (TPSA) is 9.72 Å². The summed E-state index contributed by atoms with van der Waals surface area (Å²) >= 11 is 0. The molecule has 1 aliphatic rings. The van der Waals surface area contributed by atoms with Crippen molar-refractivity contribution in [2.24, 2.45) is 5.92 Å². The minimum absolute atomic E-state index is 0.363. The number of aryl methyl sites for hydroxylation is 3. The lowest BCUT2D eigenvalue weighted by molar-refractivity contribution is 0.851. The van der Waals surface area contributed by atoms with Gasteiger partial charge >= 0.3 is 0 Å². The van der Waals surface area contributed by atoms with Gasteiger partial charge < -0.3 is 14.7 Å². The van der Waals surface area contributed by atoms with Crippen molar-refractivity contribution in [3.8, 4) is 0 Å². The molecular formula is C39H55N3Si. The normalized spacial score (nSPS) is 15.5. The van der Waals surface area contributed by atoms with Gasteiger partial charge in [-0.15, -0.1) is 0 Å². The van der Waals surface area contributed by atoms with Crippen LogP contribution in [0.25, 0.3) is 0 Å². The molecule has 0 spiro atoms. The quantitative estimate of drug-likeness (QED) is 0.215. The van der Waals surface area contributed by atoms with Crippen molar-refractivity contribution < 1.29 is 0 Å². The van der Waals surface area contributed by atoms with Gasteiger partial charge in [-0.1, -0.05) is 59.7 Å². The van der Waals surface area contributed by atoms with Crippen LogP contribution >= 0.6 is 0 Å². The molecule has 0 saturated heterocycles. The summed E-state index contributed by atoms with van der Waals surface area (Å²) in [6, 6.07) is 14.7. The van der Waals surface area contributed by atoms with Crippen LogP contribution in [0.5, 0.6) is 0 Å². The van der Waals surface area contributed by atoms with Gasteiger partial charge in [-0.25, -0.2) is 0 Å². The SMILES string of the molecule is CC1=C(C)C(C)C([Si](c2ccc(C)c(N(C)C)c2C)(c2ccc(C)c(N(C)C)c2C)c2ccc(C)c(N(C)C)c2C)=C1C. The Balaban J connectivity index is 2.43. The Labute approximate surface area is 263 Å². The molecule has 0 aromatic heterocycles. The Kier molecular flexibility index (Phi) is 8.88. The summed E-state index contributed by atoms with van der Waals surface area (Å²) in [5.74, 6) is 0.363. The Hall–Kier alpha value is -3.24.